The number of hydrogen-bond donors (Lipinski definition) is 1. The summed E-state index contributed by atoms with van der Waals surface area (Å²) < 4.78 is 65.6. The zero-order chi connectivity index (χ0) is 21.4. The van der Waals surface area contributed by atoms with Crippen LogP contribution in [0.4, 0.5) is 10.1 Å². The molecule has 0 radical (unpaired) electrons. The topological polar surface area (TPSA) is 101 Å². The van der Waals surface area contributed by atoms with E-state index >= 15 is 0 Å². The van der Waals surface area contributed by atoms with Crippen molar-refractivity contribution in [3.8, 4) is 0 Å². The fourth-order valence-corrected chi connectivity index (χ4v) is 5.13. The monoisotopic (exact) mass is 440 g/mol. The summed E-state index contributed by atoms with van der Waals surface area (Å²) in [4.78, 5) is 13.4. The van der Waals surface area contributed by atoms with Crippen LogP contribution >= 0.6 is 0 Å². The van der Waals surface area contributed by atoms with Gasteiger partial charge in [-0.05, 0) is 49.6 Å². The lowest BCUT2D eigenvalue weighted by molar-refractivity contribution is 0.0793. The van der Waals surface area contributed by atoms with E-state index in [-0.39, 0.29) is 22.1 Å². The Hall–Kier alpha value is -2.46. The Kier molecular flexibility index (Phi) is 5.68. The second-order valence-corrected chi connectivity index (χ2v) is 10.6. The molecule has 1 aliphatic rings. The second-order valence-electron chi connectivity index (χ2n) is 6.97. The molecule has 156 valence electrons. The van der Waals surface area contributed by atoms with E-state index < -0.39 is 30.6 Å². The Morgan fingerprint density at radius 2 is 1.72 bits per heavy atom. The first-order valence-corrected chi connectivity index (χ1v) is 12.3. The molecule has 2 aromatic carbocycles. The zero-order valence-electron chi connectivity index (χ0n) is 16.0. The van der Waals surface area contributed by atoms with Crippen molar-refractivity contribution in [2.45, 2.75) is 29.6 Å². The minimum atomic E-state index is -4.48. The Bertz CT molecular complexity index is 1170. The van der Waals surface area contributed by atoms with Crippen molar-refractivity contribution >= 4 is 31.5 Å². The lowest BCUT2D eigenvalue weighted by Gasteiger charge is -2.20. The van der Waals surface area contributed by atoms with Crippen molar-refractivity contribution < 1.29 is 26.0 Å². The molecule has 0 saturated carbocycles. The van der Waals surface area contributed by atoms with Crippen LogP contribution in [0.3, 0.4) is 0 Å². The van der Waals surface area contributed by atoms with Crippen LogP contribution in [-0.4, -0.2) is 47.0 Å². The van der Waals surface area contributed by atoms with E-state index in [9.17, 15) is 26.0 Å². The summed E-state index contributed by atoms with van der Waals surface area (Å²) in [6, 6.07) is 7.25. The number of sulfone groups is 1. The molecule has 1 fully saturated rings. The number of nitrogens with one attached hydrogen (secondary N) is 1. The third kappa shape index (κ3) is 4.43. The van der Waals surface area contributed by atoms with Gasteiger partial charge in [0.05, 0.1) is 16.1 Å². The van der Waals surface area contributed by atoms with Crippen LogP contribution in [-0.2, 0) is 19.9 Å². The first-order valence-electron chi connectivity index (χ1n) is 8.92. The third-order valence-electron chi connectivity index (χ3n) is 4.74. The Morgan fingerprint density at radius 3 is 2.34 bits per heavy atom. The highest BCUT2D eigenvalue weighted by Gasteiger charge is 2.27. The standard InChI is InChI=1S/C19H21FN2O5S2/c1-13-6-5-7-16(18(13)19(23)22-10-3-4-11-22)21-29(26,27)17-12-14(28(2,24)25)8-9-15(17)20/h5-9,12,21H,3-4,10-11H2,1-2H3. The molecule has 1 N–H and O–H groups in total. The Labute approximate surface area is 169 Å². The van der Waals surface area contributed by atoms with Gasteiger partial charge in [-0.2, -0.15) is 0 Å². The Balaban J connectivity index is 2.04. The predicted molar refractivity (Wildman–Crippen MR) is 107 cm³/mol. The van der Waals surface area contributed by atoms with E-state index in [1.54, 1.807) is 24.0 Å². The fourth-order valence-electron chi connectivity index (χ4n) is 3.24. The van der Waals surface area contributed by atoms with Gasteiger partial charge >= 0.3 is 0 Å². The highest BCUT2D eigenvalue weighted by Crippen LogP contribution is 2.27. The smallest absolute Gasteiger partial charge is 0.264 e. The number of halogens is 1. The van der Waals surface area contributed by atoms with Crippen LogP contribution in [0, 0.1) is 12.7 Å². The van der Waals surface area contributed by atoms with Crippen molar-refractivity contribution in [2.24, 2.45) is 0 Å². The summed E-state index contributed by atoms with van der Waals surface area (Å²) in [7, 11) is -8.22. The van der Waals surface area contributed by atoms with Gasteiger partial charge in [0.25, 0.3) is 15.9 Å². The first kappa shape index (κ1) is 21.3. The van der Waals surface area contributed by atoms with Crippen LogP contribution < -0.4 is 4.72 Å². The van der Waals surface area contributed by atoms with E-state index in [4.69, 9.17) is 0 Å². The van der Waals surface area contributed by atoms with Crippen molar-refractivity contribution in [3.63, 3.8) is 0 Å². The van der Waals surface area contributed by atoms with Crippen LogP contribution in [0.2, 0.25) is 0 Å². The van der Waals surface area contributed by atoms with Gasteiger partial charge in [-0.1, -0.05) is 12.1 Å². The average molecular weight is 441 g/mol. The van der Waals surface area contributed by atoms with Crippen LogP contribution in [0.25, 0.3) is 0 Å². The maximum absolute atomic E-state index is 14.3. The van der Waals surface area contributed by atoms with Gasteiger partial charge in [0.15, 0.2) is 9.84 Å². The van der Waals surface area contributed by atoms with Gasteiger partial charge in [-0.3, -0.25) is 9.52 Å². The molecule has 0 atom stereocenters. The Morgan fingerprint density at radius 1 is 1.07 bits per heavy atom. The van der Waals surface area contributed by atoms with E-state index in [1.807, 2.05) is 0 Å². The van der Waals surface area contributed by atoms with Crippen LogP contribution in [0.15, 0.2) is 46.2 Å². The van der Waals surface area contributed by atoms with Crippen molar-refractivity contribution in [1.82, 2.24) is 4.90 Å². The molecule has 0 bridgehead atoms. The molecule has 1 aliphatic heterocycles. The summed E-state index contributed by atoms with van der Waals surface area (Å²) in [5.41, 5.74) is 0.788. The van der Waals surface area contributed by atoms with E-state index in [0.717, 1.165) is 37.3 Å². The lowest BCUT2D eigenvalue weighted by atomic mass is 10.1. The fraction of sp³-hybridized carbons (Fsp3) is 0.316. The highest BCUT2D eigenvalue weighted by atomic mass is 32.2. The minimum Gasteiger partial charge on any atom is -0.339 e. The number of carbonyl (C=O) groups excluding carboxylic acids is 1. The van der Waals surface area contributed by atoms with E-state index in [2.05, 4.69) is 4.72 Å². The molecule has 3 rings (SSSR count). The molecule has 29 heavy (non-hydrogen) atoms. The molecule has 0 aromatic heterocycles. The highest BCUT2D eigenvalue weighted by molar-refractivity contribution is 7.93. The van der Waals surface area contributed by atoms with Gasteiger partial charge in [-0.15, -0.1) is 0 Å². The number of rotatable bonds is 5. The molecular weight excluding hydrogens is 419 g/mol. The van der Waals surface area contributed by atoms with Gasteiger partial charge in [0.2, 0.25) is 0 Å². The number of likely N-dealkylation sites (tertiary alicyclic amines) is 1. The lowest BCUT2D eigenvalue weighted by Crippen LogP contribution is -2.29. The first-order chi connectivity index (χ1) is 13.5. The number of anilines is 1. The molecule has 0 spiro atoms. The molecule has 1 heterocycles. The van der Waals surface area contributed by atoms with Crippen LogP contribution in [0.1, 0.15) is 28.8 Å². The zero-order valence-corrected chi connectivity index (χ0v) is 17.6. The minimum absolute atomic E-state index is 0.0195. The quantitative estimate of drug-likeness (QED) is 0.721. The molecule has 2 aromatic rings. The van der Waals surface area contributed by atoms with Gasteiger partial charge in [0.1, 0.15) is 10.7 Å². The number of sulfonamides is 1. The summed E-state index contributed by atoms with van der Waals surface area (Å²) in [5, 5.41) is 0. The number of aryl methyl sites for hydroxylation is 1. The van der Waals surface area contributed by atoms with Gasteiger partial charge in [0, 0.05) is 19.3 Å². The molecule has 0 aliphatic carbocycles. The number of nitrogens with zero attached hydrogens (tertiary/aromatic N) is 1. The van der Waals surface area contributed by atoms with Crippen molar-refractivity contribution in [2.75, 3.05) is 24.1 Å². The summed E-state index contributed by atoms with van der Waals surface area (Å²) in [6.07, 6.45) is 2.65. The maximum Gasteiger partial charge on any atom is 0.264 e. The number of amides is 1. The third-order valence-corrected chi connectivity index (χ3v) is 7.24. The van der Waals surface area contributed by atoms with E-state index in [1.165, 1.54) is 6.07 Å². The average Bonchev–Trinajstić information content (AvgIpc) is 3.15. The molecule has 1 saturated heterocycles. The number of carbonyl (C=O) groups is 1. The van der Waals surface area contributed by atoms with Crippen molar-refractivity contribution in [3.05, 3.63) is 53.3 Å². The summed E-state index contributed by atoms with van der Waals surface area (Å²) >= 11 is 0. The molecule has 10 heteroatoms. The molecular formula is C19H21FN2O5S2. The summed E-state index contributed by atoms with van der Waals surface area (Å²) in [6.45, 7) is 2.86. The summed E-state index contributed by atoms with van der Waals surface area (Å²) in [5.74, 6) is -1.39. The number of hydrogen-bond acceptors (Lipinski definition) is 5. The number of benzene rings is 2. The van der Waals surface area contributed by atoms with Crippen LogP contribution in [0.5, 0.6) is 0 Å². The predicted octanol–water partition coefficient (Wildman–Crippen LogP) is 2.57. The molecule has 0 unspecified atom stereocenters. The van der Waals surface area contributed by atoms with Gasteiger partial charge < -0.3 is 4.90 Å². The maximum atomic E-state index is 14.3. The van der Waals surface area contributed by atoms with Gasteiger partial charge in [-0.25, -0.2) is 21.2 Å². The second kappa shape index (κ2) is 7.75. The molecule has 7 nitrogen and oxygen atoms in total. The normalized spacial score (nSPS) is 14.8. The SMILES string of the molecule is Cc1cccc(NS(=O)(=O)c2cc(S(C)(=O)=O)ccc2F)c1C(=O)N1CCCC1. The van der Waals surface area contributed by atoms with Crippen molar-refractivity contribution in [1.29, 1.82) is 0 Å². The largest absolute Gasteiger partial charge is 0.339 e. The molecule has 1 amide bonds. The van der Waals surface area contributed by atoms with E-state index in [0.29, 0.717) is 18.7 Å².